The van der Waals surface area contributed by atoms with Crippen molar-refractivity contribution in [2.24, 2.45) is 0 Å². The van der Waals surface area contributed by atoms with E-state index in [1.54, 1.807) is 7.11 Å². The zero-order chi connectivity index (χ0) is 19.0. The highest BCUT2D eigenvalue weighted by Gasteiger charge is 2.07. The van der Waals surface area contributed by atoms with E-state index >= 15 is 0 Å². The van der Waals surface area contributed by atoms with Crippen molar-refractivity contribution in [2.45, 2.75) is 67.2 Å². The van der Waals surface area contributed by atoms with Crippen molar-refractivity contribution in [3.63, 3.8) is 0 Å². The summed E-state index contributed by atoms with van der Waals surface area (Å²) in [6.45, 7) is 13.0. The molecule has 0 aromatic heterocycles. The Balaban J connectivity index is 0.000000251. The van der Waals surface area contributed by atoms with Crippen LogP contribution in [0.25, 0.3) is 0 Å². The first-order chi connectivity index (χ1) is 11.9. The number of ether oxygens (including phenoxy) is 1. The molecule has 0 saturated carbocycles. The molecule has 0 atom stereocenters. The monoisotopic (exact) mass is 404 g/mol. The van der Waals surface area contributed by atoms with Crippen LogP contribution >= 0.6 is 15.9 Å². The predicted octanol–water partition coefficient (Wildman–Crippen LogP) is 7.01. The molecule has 0 amide bonds. The molecule has 0 saturated heterocycles. The van der Waals surface area contributed by atoms with E-state index in [1.807, 2.05) is 0 Å². The fraction of sp³-hybridized carbons (Fsp3) is 0.478. The largest absolute Gasteiger partial charge is 0.496 e. The minimum Gasteiger partial charge on any atom is -0.496 e. The van der Waals surface area contributed by atoms with Crippen molar-refractivity contribution >= 4 is 15.9 Å². The molecule has 0 N–H and O–H groups in total. The summed E-state index contributed by atoms with van der Waals surface area (Å²) in [5.41, 5.74) is 8.18. The van der Waals surface area contributed by atoms with Gasteiger partial charge in [0.1, 0.15) is 5.75 Å². The van der Waals surface area contributed by atoms with Gasteiger partial charge in [-0.3, -0.25) is 0 Å². The van der Waals surface area contributed by atoms with Gasteiger partial charge < -0.3 is 4.74 Å². The molecular weight excluding hydrogens is 372 g/mol. The molecule has 2 aromatic carbocycles. The van der Waals surface area contributed by atoms with Crippen LogP contribution in [0.4, 0.5) is 0 Å². The van der Waals surface area contributed by atoms with Gasteiger partial charge in [-0.2, -0.15) is 0 Å². The first-order valence-electron chi connectivity index (χ1n) is 9.35. The van der Waals surface area contributed by atoms with E-state index < -0.39 is 0 Å². The fourth-order valence-corrected chi connectivity index (χ4v) is 3.94. The van der Waals surface area contributed by atoms with E-state index in [2.05, 4.69) is 81.7 Å². The molecule has 0 spiro atoms. The molecule has 1 nitrogen and oxygen atoms in total. The molecule has 0 aliphatic heterocycles. The molecule has 0 fully saturated rings. The molecule has 2 rings (SSSR count). The first-order valence-corrected chi connectivity index (χ1v) is 10.1. The van der Waals surface area contributed by atoms with Crippen LogP contribution < -0.4 is 4.74 Å². The highest BCUT2D eigenvalue weighted by Crippen LogP contribution is 2.26. The van der Waals surface area contributed by atoms with Gasteiger partial charge in [0.25, 0.3) is 0 Å². The van der Waals surface area contributed by atoms with E-state index in [0.29, 0.717) is 0 Å². The highest BCUT2D eigenvalue weighted by atomic mass is 79.9. The second-order valence-electron chi connectivity index (χ2n) is 6.43. The Bertz CT molecular complexity index is 638. The predicted molar refractivity (Wildman–Crippen MR) is 114 cm³/mol. The molecule has 138 valence electrons. The van der Waals surface area contributed by atoms with Crippen LogP contribution in [0, 0.1) is 13.8 Å². The zero-order valence-corrected chi connectivity index (χ0v) is 18.5. The average Bonchev–Trinajstić information content (AvgIpc) is 2.62. The third-order valence-electron chi connectivity index (χ3n) is 4.48. The molecule has 0 aliphatic carbocycles. The summed E-state index contributed by atoms with van der Waals surface area (Å²) in [6.07, 6.45) is 4.29. The van der Waals surface area contributed by atoms with Gasteiger partial charge in [-0.1, -0.05) is 79.0 Å². The number of methoxy groups -OCH3 is 1. The maximum absolute atomic E-state index is 5.41. The molecule has 25 heavy (non-hydrogen) atoms. The number of rotatable bonds is 5. The van der Waals surface area contributed by atoms with Crippen molar-refractivity contribution in [3.8, 4) is 5.75 Å². The van der Waals surface area contributed by atoms with Crippen molar-refractivity contribution in [1.82, 2.24) is 0 Å². The van der Waals surface area contributed by atoms with E-state index in [1.165, 1.54) is 37.9 Å². The quantitative estimate of drug-likeness (QED) is 0.520. The number of aryl methyl sites for hydroxylation is 6. The minimum absolute atomic E-state index is 1.04. The molecule has 0 aliphatic rings. The Labute approximate surface area is 162 Å². The van der Waals surface area contributed by atoms with Gasteiger partial charge in [-0.15, -0.1) is 0 Å². The lowest BCUT2D eigenvalue weighted by Crippen LogP contribution is -1.97. The molecule has 0 unspecified atom stereocenters. The van der Waals surface area contributed by atoms with Gasteiger partial charge in [0.2, 0.25) is 0 Å². The third-order valence-corrected chi connectivity index (χ3v) is 5.50. The molecule has 0 heterocycles. The van der Waals surface area contributed by atoms with Gasteiger partial charge in [0.05, 0.1) is 7.11 Å². The van der Waals surface area contributed by atoms with Crippen LogP contribution in [0.5, 0.6) is 5.75 Å². The minimum atomic E-state index is 1.04. The van der Waals surface area contributed by atoms with E-state index in [-0.39, 0.29) is 0 Å². The second kappa shape index (κ2) is 10.7. The third kappa shape index (κ3) is 5.88. The molecular formula is C23H33BrO. The van der Waals surface area contributed by atoms with Crippen molar-refractivity contribution in [3.05, 3.63) is 62.1 Å². The lowest BCUT2D eigenvalue weighted by atomic mass is 10.0. The Hall–Kier alpha value is -1.28. The van der Waals surface area contributed by atoms with Gasteiger partial charge >= 0.3 is 0 Å². The summed E-state index contributed by atoms with van der Waals surface area (Å²) < 4.78 is 6.72. The SMILES string of the molecule is CCc1cc(C)cc(CC)c1Br.CCc1cc(C)cc(CC)c1OC. The van der Waals surface area contributed by atoms with Gasteiger partial charge in [0.15, 0.2) is 0 Å². The Morgan fingerprint density at radius 1 is 0.680 bits per heavy atom. The van der Waals surface area contributed by atoms with Crippen LogP contribution in [-0.2, 0) is 25.7 Å². The lowest BCUT2D eigenvalue weighted by Gasteiger charge is -2.12. The van der Waals surface area contributed by atoms with Crippen LogP contribution in [0.3, 0.4) is 0 Å². The zero-order valence-electron chi connectivity index (χ0n) is 16.9. The van der Waals surface area contributed by atoms with Gasteiger partial charge in [-0.05, 0) is 61.8 Å². The van der Waals surface area contributed by atoms with Gasteiger partial charge in [0, 0.05) is 4.47 Å². The molecule has 0 bridgehead atoms. The second-order valence-corrected chi connectivity index (χ2v) is 7.22. The Kier molecular flexibility index (Phi) is 9.27. The van der Waals surface area contributed by atoms with Crippen molar-refractivity contribution < 1.29 is 4.74 Å². The first kappa shape index (κ1) is 21.8. The Morgan fingerprint density at radius 2 is 1.00 bits per heavy atom. The summed E-state index contributed by atoms with van der Waals surface area (Å²) in [6, 6.07) is 8.92. The van der Waals surface area contributed by atoms with E-state index in [0.717, 1.165) is 31.4 Å². The van der Waals surface area contributed by atoms with Crippen LogP contribution in [0.15, 0.2) is 28.7 Å². The summed E-state index contributed by atoms with van der Waals surface area (Å²) in [7, 11) is 1.75. The normalized spacial score (nSPS) is 10.2. The maximum Gasteiger partial charge on any atom is 0.125 e. The molecule has 0 radical (unpaired) electrons. The standard InChI is InChI=1S/C12H18O.C11H15Br/c1-5-10-7-9(3)8-11(6-2)12(10)13-4;1-4-9-6-8(3)7-10(5-2)11(9)12/h7-8H,5-6H2,1-4H3;6-7H,4-5H2,1-3H3. The molecule has 2 aromatic rings. The van der Waals surface area contributed by atoms with Gasteiger partial charge in [-0.25, -0.2) is 0 Å². The topological polar surface area (TPSA) is 9.23 Å². The summed E-state index contributed by atoms with van der Waals surface area (Å²) >= 11 is 3.64. The van der Waals surface area contributed by atoms with Crippen LogP contribution in [0.2, 0.25) is 0 Å². The lowest BCUT2D eigenvalue weighted by molar-refractivity contribution is 0.405. The van der Waals surface area contributed by atoms with E-state index in [4.69, 9.17) is 4.74 Å². The summed E-state index contributed by atoms with van der Waals surface area (Å²) in [4.78, 5) is 0. The summed E-state index contributed by atoms with van der Waals surface area (Å²) in [5.74, 6) is 1.08. The highest BCUT2D eigenvalue weighted by molar-refractivity contribution is 9.10. The fourth-order valence-electron chi connectivity index (χ4n) is 3.15. The van der Waals surface area contributed by atoms with Crippen molar-refractivity contribution in [1.29, 1.82) is 0 Å². The summed E-state index contributed by atoms with van der Waals surface area (Å²) in [5, 5.41) is 0. The maximum atomic E-state index is 5.41. The van der Waals surface area contributed by atoms with Crippen LogP contribution in [0.1, 0.15) is 61.1 Å². The molecule has 2 heteroatoms. The number of hydrogen-bond acceptors (Lipinski definition) is 1. The smallest absolute Gasteiger partial charge is 0.125 e. The number of benzene rings is 2. The number of halogens is 1. The van der Waals surface area contributed by atoms with Crippen LogP contribution in [-0.4, -0.2) is 7.11 Å². The average molecular weight is 405 g/mol. The van der Waals surface area contributed by atoms with Crippen molar-refractivity contribution in [2.75, 3.05) is 7.11 Å². The van der Waals surface area contributed by atoms with E-state index in [9.17, 15) is 0 Å². The number of hydrogen-bond donors (Lipinski definition) is 0. The Morgan fingerprint density at radius 3 is 1.28 bits per heavy atom.